The van der Waals surface area contributed by atoms with Gasteiger partial charge in [-0.1, -0.05) is 31.5 Å². The smallest absolute Gasteiger partial charge is 0.257 e. The summed E-state index contributed by atoms with van der Waals surface area (Å²) < 4.78 is 16.9. The van der Waals surface area contributed by atoms with Gasteiger partial charge in [-0.25, -0.2) is 0 Å². The molecule has 0 bridgehead atoms. The molecule has 0 unspecified atom stereocenters. The maximum Gasteiger partial charge on any atom is 0.257 e. The minimum Gasteiger partial charge on any atom is -0.494 e. The molecule has 0 heterocycles. The molecule has 3 aromatic rings. The highest BCUT2D eigenvalue weighted by atomic mass is 32.1. The van der Waals surface area contributed by atoms with E-state index in [0.717, 1.165) is 30.0 Å². The van der Waals surface area contributed by atoms with Crippen LogP contribution in [0.1, 0.15) is 30.1 Å². The van der Waals surface area contributed by atoms with E-state index in [9.17, 15) is 4.79 Å². The van der Waals surface area contributed by atoms with E-state index in [1.807, 2.05) is 54.6 Å². The van der Waals surface area contributed by atoms with Crippen molar-refractivity contribution in [3.8, 4) is 17.2 Å². The molecule has 3 aromatic carbocycles. The number of carbonyl (C=O) groups is 1. The van der Waals surface area contributed by atoms with Crippen molar-refractivity contribution in [1.29, 1.82) is 0 Å². The van der Waals surface area contributed by atoms with Gasteiger partial charge in [-0.05, 0) is 79.3 Å². The maximum absolute atomic E-state index is 12.5. The lowest BCUT2D eigenvalue weighted by molar-refractivity contribution is 0.0977. The van der Waals surface area contributed by atoms with Gasteiger partial charge in [-0.3, -0.25) is 10.1 Å². The van der Waals surface area contributed by atoms with Crippen molar-refractivity contribution in [2.24, 2.45) is 0 Å². The first-order chi connectivity index (χ1) is 16.1. The van der Waals surface area contributed by atoms with Crippen molar-refractivity contribution in [2.75, 3.05) is 25.1 Å². The molecule has 7 heteroatoms. The fraction of sp³-hybridized carbons (Fsp3) is 0.231. The highest BCUT2D eigenvalue weighted by Gasteiger charge is 2.08. The Morgan fingerprint density at radius 2 is 1.30 bits per heavy atom. The van der Waals surface area contributed by atoms with Crippen LogP contribution < -0.4 is 24.8 Å². The third kappa shape index (κ3) is 8.46. The average Bonchev–Trinajstić information content (AvgIpc) is 2.84. The summed E-state index contributed by atoms with van der Waals surface area (Å²) in [6, 6.07) is 23.9. The van der Waals surface area contributed by atoms with Crippen molar-refractivity contribution in [2.45, 2.75) is 19.8 Å². The number of nitrogens with one attached hydrogen (secondary N) is 2. The molecule has 0 aromatic heterocycles. The molecule has 0 saturated heterocycles. The number of amides is 1. The minimum absolute atomic E-state index is 0.220. The van der Waals surface area contributed by atoms with Crippen LogP contribution in [-0.4, -0.2) is 30.8 Å². The Labute approximate surface area is 199 Å². The van der Waals surface area contributed by atoms with E-state index in [-0.39, 0.29) is 11.0 Å². The second kappa shape index (κ2) is 13.1. The molecular weight excluding hydrogens is 436 g/mol. The predicted molar refractivity (Wildman–Crippen MR) is 134 cm³/mol. The summed E-state index contributed by atoms with van der Waals surface area (Å²) in [6.45, 7) is 3.65. The molecular formula is C26H28N2O4S. The second-order valence-corrected chi connectivity index (χ2v) is 7.58. The van der Waals surface area contributed by atoms with Gasteiger partial charge in [0.1, 0.15) is 30.5 Å². The number of hydrogen-bond donors (Lipinski definition) is 2. The van der Waals surface area contributed by atoms with Crippen LogP contribution in [0, 0.1) is 0 Å². The van der Waals surface area contributed by atoms with Crippen LogP contribution in [-0.2, 0) is 0 Å². The highest BCUT2D eigenvalue weighted by molar-refractivity contribution is 7.80. The fourth-order valence-corrected chi connectivity index (χ4v) is 3.06. The van der Waals surface area contributed by atoms with Crippen molar-refractivity contribution >= 4 is 28.9 Å². The van der Waals surface area contributed by atoms with Gasteiger partial charge < -0.3 is 19.5 Å². The zero-order valence-corrected chi connectivity index (χ0v) is 19.4. The highest BCUT2D eigenvalue weighted by Crippen LogP contribution is 2.16. The molecule has 0 aliphatic carbocycles. The molecule has 0 atom stereocenters. The summed E-state index contributed by atoms with van der Waals surface area (Å²) >= 11 is 5.25. The monoisotopic (exact) mass is 464 g/mol. The molecule has 0 saturated carbocycles. The molecule has 0 radical (unpaired) electrons. The number of benzene rings is 3. The Balaban J connectivity index is 1.39. The number of ether oxygens (including phenoxy) is 3. The van der Waals surface area contributed by atoms with E-state index in [1.165, 1.54) is 0 Å². The summed E-state index contributed by atoms with van der Waals surface area (Å²) in [5, 5.41) is 5.90. The van der Waals surface area contributed by atoms with Crippen LogP contribution in [0.2, 0.25) is 0 Å². The van der Waals surface area contributed by atoms with E-state index in [0.29, 0.717) is 31.1 Å². The third-order valence-corrected chi connectivity index (χ3v) is 4.79. The van der Waals surface area contributed by atoms with E-state index < -0.39 is 0 Å². The summed E-state index contributed by atoms with van der Waals surface area (Å²) in [5.41, 5.74) is 1.25. The number of carbonyl (C=O) groups excluding carboxylic acids is 1. The van der Waals surface area contributed by atoms with Gasteiger partial charge in [0.05, 0.1) is 6.61 Å². The van der Waals surface area contributed by atoms with Gasteiger partial charge >= 0.3 is 0 Å². The fourth-order valence-electron chi connectivity index (χ4n) is 2.84. The van der Waals surface area contributed by atoms with Crippen molar-refractivity contribution in [3.63, 3.8) is 0 Å². The zero-order valence-electron chi connectivity index (χ0n) is 18.6. The van der Waals surface area contributed by atoms with Crippen LogP contribution in [0.25, 0.3) is 0 Å². The van der Waals surface area contributed by atoms with Gasteiger partial charge in [0.15, 0.2) is 5.11 Å². The van der Waals surface area contributed by atoms with Crippen LogP contribution in [0.15, 0.2) is 78.9 Å². The van der Waals surface area contributed by atoms with Gasteiger partial charge in [0, 0.05) is 11.3 Å². The molecule has 0 fully saturated rings. The predicted octanol–water partition coefficient (Wildman–Crippen LogP) is 5.45. The SMILES string of the molecule is CCCCOc1ccc(NC(=S)NC(=O)c2ccc(OCCOc3ccccc3)cc2)cc1. The lowest BCUT2D eigenvalue weighted by Gasteiger charge is -2.11. The van der Waals surface area contributed by atoms with Crippen LogP contribution in [0.5, 0.6) is 17.2 Å². The summed E-state index contributed by atoms with van der Waals surface area (Å²) in [7, 11) is 0. The third-order valence-electron chi connectivity index (χ3n) is 4.59. The molecule has 1 amide bonds. The minimum atomic E-state index is -0.300. The van der Waals surface area contributed by atoms with Gasteiger partial charge in [-0.15, -0.1) is 0 Å². The van der Waals surface area contributed by atoms with Crippen LogP contribution in [0.4, 0.5) is 5.69 Å². The normalized spacial score (nSPS) is 10.2. The number of hydrogen-bond acceptors (Lipinski definition) is 5. The quantitative estimate of drug-likeness (QED) is 0.291. The Bertz CT molecular complexity index is 1010. The van der Waals surface area contributed by atoms with Gasteiger partial charge in [0.25, 0.3) is 5.91 Å². The van der Waals surface area contributed by atoms with Gasteiger partial charge in [0.2, 0.25) is 0 Å². The molecule has 0 aliphatic heterocycles. The van der Waals surface area contributed by atoms with Crippen molar-refractivity contribution < 1.29 is 19.0 Å². The van der Waals surface area contributed by atoms with E-state index in [4.69, 9.17) is 26.4 Å². The maximum atomic E-state index is 12.5. The number of rotatable bonds is 11. The van der Waals surface area contributed by atoms with E-state index in [1.54, 1.807) is 24.3 Å². The summed E-state index contributed by atoms with van der Waals surface area (Å²) in [5.74, 6) is 1.96. The summed E-state index contributed by atoms with van der Waals surface area (Å²) in [6.07, 6.45) is 2.11. The Hall–Kier alpha value is -3.58. The van der Waals surface area contributed by atoms with Crippen LogP contribution >= 0.6 is 12.2 Å². The van der Waals surface area contributed by atoms with Gasteiger partial charge in [-0.2, -0.15) is 0 Å². The number of thiocarbonyl (C=S) groups is 1. The molecule has 6 nitrogen and oxygen atoms in total. The Kier molecular flexibility index (Phi) is 9.54. The zero-order chi connectivity index (χ0) is 23.3. The topological polar surface area (TPSA) is 68.8 Å². The standard InChI is InChI=1S/C26H28N2O4S/c1-2-3-17-30-24-15-11-21(12-16-24)27-26(33)28-25(29)20-9-13-23(14-10-20)32-19-18-31-22-7-5-4-6-8-22/h4-16H,2-3,17-19H2,1H3,(H2,27,28,29,33). The first-order valence-electron chi connectivity index (χ1n) is 10.9. The molecule has 0 aliphatic rings. The van der Waals surface area contributed by atoms with E-state index >= 15 is 0 Å². The number of para-hydroxylation sites is 1. The lowest BCUT2D eigenvalue weighted by atomic mass is 10.2. The Morgan fingerprint density at radius 3 is 1.91 bits per heavy atom. The molecule has 0 spiro atoms. The first-order valence-corrected chi connectivity index (χ1v) is 11.3. The lowest BCUT2D eigenvalue weighted by Crippen LogP contribution is -2.34. The number of anilines is 1. The Morgan fingerprint density at radius 1 is 0.758 bits per heavy atom. The number of unbranched alkanes of at least 4 members (excludes halogenated alkanes) is 1. The average molecular weight is 465 g/mol. The molecule has 172 valence electrons. The van der Waals surface area contributed by atoms with E-state index in [2.05, 4.69) is 17.6 Å². The molecule has 3 rings (SSSR count). The first kappa shape index (κ1) is 24.1. The second-order valence-electron chi connectivity index (χ2n) is 7.17. The summed E-state index contributed by atoms with van der Waals surface area (Å²) in [4.78, 5) is 12.5. The molecule has 33 heavy (non-hydrogen) atoms. The largest absolute Gasteiger partial charge is 0.494 e. The van der Waals surface area contributed by atoms with Crippen LogP contribution in [0.3, 0.4) is 0 Å². The molecule has 2 N–H and O–H groups in total. The van der Waals surface area contributed by atoms with Crippen molar-refractivity contribution in [1.82, 2.24) is 5.32 Å². The van der Waals surface area contributed by atoms with Crippen molar-refractivity contribution in [3.05, 3.63) is 84.4 Å².